The molecular weight excluding hydrogens is 254 g/mol. The predicted molar refractivity (Wildman–Crippen MR) is 58.4 cm³/mol. The molecule has 17 heavy (non-hydrogen) atoms. The summed E-state index contributed by atoms with van der Waals surface area (Å²) in [6, 6.07) is 3.63. The highest BCUT2D eigenvalue weighted by atomic mass is 35.5. The molecule has 7 heteroatoms. The van der Waals surface area contributed by atoms with Crippen LogP contribution in [0.4, 0.5) is 14.5 Å². The first kappa shape index (κ1) is 12.2. The monoisotopic (exact) mass is 262 g/mol. The maximum Gasteiger partial charge on any atom is 0.273 e. The molecule has 0 saturated heterocycles. The van der Waals surface area contributed by atoms with Gasteiger partial charge in [0.05, 0.1) is 10.3 Å². The van der Waals surface area contributed by atoms with Gasteiger partial charge in [0.1, 0.15) is 0 Å². The fourth-order valence-corrected chi connectivity index (χ4v) is 2.18. The van der Waals surface area contributed by atoms with Crippen LogP contribution in [0.1, 0.15) is 12.0 Å². The largest absolute Gasteiger partial charge is 0.329 e. The Morgan fingerprint density at radius 3 is 2.53 bits per heavy atom. The molecule has 2 N–H and O–H groups in total. The fraction of sp³-hybridized carbons (Fsp3) is 0.400. The molecule has 0 radical (unpaired) electrons. The van der Waals surface area contributed by atoms with Crippen molar-refractivity contribution >= 4 is 17.3 Å². The molecule has 1 unspecified atom stereocenters. The number of alkyl halides is 2. The summed E-state index contributed by atoms with van der Waals surface area (Å²) in [6.07, 6.45) is -0.475. The maximum absolute atomic E-state index is 13.4. The number of halogens is 3. The summed E-state index contributed by atoms with van der Waals surface area (Å²) in [5, 5.41) is 11.0. The highest BCUT2D eigenvalue weighted by molar-refractivity contribution is 6.30. The SMILES string of the molecule is NCC1(c2cc(Cl)ccc2[N+](=O)[O-])CC1(F)F. The quantitative estimate of drug-likeness (QED) is 0.672. The molecule has 1 aliphatic rings. The molecule has 0 bridgehead atoms. The topological polar surface area (TPSA) is 69.2 Å². The first-order chi connectivity index (χ1) is 7.84. The van der Waals surface area contributed by atoms with Gasteiger partial charge in [-0.3, -0.25) is 10.1 Å². The number of benzene rings is 1. The van der Waals surface area contributed by atoms with Gasteiger partial charge in [0.25, 0.3) is 11.6 Å². The Labute approximate surface area is 101 Å². The van der Waals surface area contributed by atoms with Crippen LogP contribution in [-0.4, -0.2) is 17.4 Å². The molecule has 1 aromatic rings. The summed E-state index contributed by atoms with van der Waals surface area (Å²) in [4.78, 5) is 10.1. The van der Waals surface area contributed by atoms with Crippen molar-refractivity contribution in [3.05, 3.63) is 38.9 Å². The summed E-state index contributed by atoms with van der Waals surface area (Å²) in [5.74, 6) is -3.00. The van der Waals surface area contributed by atoms with Crippen LogP contribution in [0.25, 0.3) is 0 Å². The van der Waals surface area contributed by atoms with Gasteiger partial charge in [0.15, 0.2) is 0 Å². The van der Waals surface area contributed by atoms with Crippen LogP contribution in [0.5, 0.6) is 0 Å². The summed E-state index contributed by atoms with van der Waals surface area (Å²) in [6.45, 7) is -0.346. The summed E-state index contributed by atoms with van der Waals surface area (Å²) < 4.78 is 26.7. The van der Waals surface area contributed by atoms with Crippen molar-refractivity contribution in [2.75, 3.05) is 6.54 Å². The Hall–Kier alpha value is -1.27. The second-order valence-corrected chi connectivity index (χ2v) is 4.52. The van der Waals surface area contributed by atoms with Crippen LogP contribution in [0.2, 0.25) is 5.02 Å². The minimum atomic E-state index is -3.00. The highest BCUT2D eigenvalue weighted by Gasteiger charge is 2.72. The smallest absolute Gasteiger partial charge is 0.273 e. The van der Waals surface area contributed by atoms with E-state index >= 15 is 0 Å². The van der Waals surface area contributed by atoms with E-state index in [2.05, 4.69) is 0 Å². The standard InChI is InChI=1S/C10H9ClF2N2O2/c11-6-1-2-8(15(16)17)7(3-6)9(5-14)4-10(9,12)13/h1-3H,4-5,14H2. The molecule has 0 aromatic heterocycles. The third kappa shape index (κ3) is 1.68. The van der Waals surface area contributed by atoms with Crippen molar-refractivity contribution in [1.82, 2.24) is 0 Å². The van der Waals surface area contributed by atoms with E-state index < -0.39 is 22.7 Å². The Bertz CT molecular complexity index is 495. The molecule has 1 aliphatic carbocycles. The lowest BCUT2D eigenvalue weighted by atomic mass is 9.93. The number of hydrogen-bond acceptors (Lipinski definition) is 3. The molecule has 0 spiro atoms. The minimum absolute atomic E-state index is 0.0810. The zero-order chi connectivity index (χ0) is 12.8. The minimum Gasteiger partial charge on any atom is -0.329 e. The average Bonchev–Trinajstić information content (AvgIpc) is 2.81. The lowest BCUT2D eigenvalue weighted by molar-refractivity contribution is -0.386. The number of hydrogen-bond donors (Lipinski definition) is 1. The van der Waals surface area contributed by atoms with Crippen molar-refractivity contribution < 1.29 is 13.7 Å². The molecule has 1 fully saturated rings. The third-order valence-corrected chi connectivity index (χ3v) is 3.35. The Kier molecular flexibility index (Phi) is 2.59. The molecule has 0 amide bonds. The zero-order valence-corrected chi connectivity index (χ0v) is 9.38. The van der Waals surface area contributed by atoms with Crippen LogP contribution in [0.15, 0.2) is 18.2 Å². The first-order valence-electron chi connectivity index (χ1n) is 4.86. The number of nitrogens with zero attached hydrogens (tertiary/aromatic N) is 1. The van der Waals surface area contributed by atoms with Crippen LogP contribution < -0.4 is 5.73 Å². The highest BCUT2D eigenvalue weighted by Crippen LogP contribution is 2.62. The van der Waals surface area contributed by atoms with Gasteiger partial charge in [-0.2, -0.15) is 0 Å². The van der Waals surface area contributed by atoms with Gasteiger partial charge in [-0.05, 0) is 12.1 Å². The number of rotatable bonds is 3. The van der Waals surface area contributed by atoms with Gasteiger partial charge in [-0.15, -0.1) is 0 Å². The van der Waals surface area contributed by atoms with Crippen molar-refractivity contribution in [2.24, 2.45) is 5.73 Å². The van der Waals surface area contributed by atoms with Gasteiger partial charge < -0.3 is 5.73 Å². The van der Waals surface area contributed by atoms with E-state index in [0.29, 0.717) is 0 Å². The maximum atomic E-state index is 13.4. The van der Waals surface area contributed by atoms with Crippen molar-refractivity contribution in [3.63, 3.8) is 0 Å². The molecule has 4 nitrogen and oxygen atoms in total. The average molecular weight is 263 g/mol. The van der Waals surface area contributed by atoms with Gasteiger partial charge >= 0.3 is 0 Å². The molecule has 1 saturated carbocycles. The van der Waals surface area contributed by atoms with E-state index in [-0.39, 0.29) is 22.8 Å². The summed E-state index contributed by atoms with van der Waals surface area (Å²) >= 11 is 5.70. The van der Waals surface area contributed by atoms with E-state index in [4.69, 9.17) is 17.3 Å². The van der Waals surface area contributed by atoms with Crippen LogP contribution in [0, 0.1) is 10.1 Å². The second-order valence-electron chi connectivity index (χ2n) is 4.09. The molecule has 2 rings (SSSR count). The molecule has 0 aliphatic heterocycles. The van der Waals surface area contributed by atoms with E-state index in [1.807, 2.05) is 0 Å². The Morgan fingerprint density at radius 1 is 1.53 bits per heavy atom. The van der Waals surface area contributed by atoms with Crippen LogP contribution in [0.3, 0.4) is 0 Å². The molecular formula is C10H9ClF2N2O2. The fourth-order valence-electron chi connectivity index (χ4n) is 2.01. The molecule has 1 aromatic carbocycles. The molecule has 0 heterocycles. The number of nitro benzene ring substituents is 1. The number of nitrogens with two attached hydrogens (primary N) is 1. The summed E-state index contributed by atoms with van der Waals surface area (Å²) in [5.41, 5.74) is 3.27. The van der Waals surface area contributed by atoms with Crippen molar-refractivity contribution in [3.8, 4) is 0 Å². The zero-order valence-electron chi connectivity index (χ0n) is 8.62. The van der Waals surface area contributed by atoms with Crippen molar-refractivity contribution in [1.29, 1.82) is 0 Å². The van der Waals surface area contributed by atoms with E-state index in [1.165, 1.54) is 12.1 Å². The molecule has 92 valence electrons. The normalized spacial score (nSPS) is 25.6. The Morgan fingerprint density at radius 2 is 2.12 bits per heavy atom. The predicted octanol–water partition coefficient (Wildman–Crippen LogP) is 2.48. The third-order valence-electron chi connectivity index (χ3n) is 3.12. The number of nitro groups is 1. The van der Waals surface area contributed by atoms with Gasteiger partial charge in [0.2, 0.25) is 0 Å². The van der Waals surface area contributed by atoms with Gasteiger partial charge in [-0.25, -0.2) is 8.78 Å². The molecule has 1 atom stereocenters. The summed E-state index contributed by atoms with van der Waals surface area (Å²) in [7, 11) is 0. The Balaban J connectivity index is 2.59. The first-order valence-corrected chi connectivity index (χ1v) is 5.24. The second kappa shape index (κ2) is 3.61. The van der Waals surface area contributed by atoms with Crippen LogP contribution >= 0.6 is 11.6 Å². The van der Waals surface area contributed by atoms with Gasteiger partial charge in [-0.1, -0.05) is 11.6 Å². The van der Waals surface area contributed by atoms with Gasteiger partial charge in [0, 0.05) is 29.6 Å². The van der Waals surface area contributed by atoms with Crippen molar-refractivity contribution in [2.45, 2.75) is 17.8 Å². The van der Waals surface area contributed by atoms with E-state index in [1.54, 1.807) is 0 Å². The van der Waals surface area contributed by atoms with Crippen LogP contribution in [-0.2, 0) is 5.41 Å². The lowest BCUT2D eigenvalue weighted by Crippen LogP contribution is -2.27. The van der Waals surface area contributed by atoms with E-state index in [0.717, 1.165) is 6.07 Å². The lowest BCUT2D eigenvalue weighted by Gasteiger charge is -2.14. The van der Waals surface area contributed by atoms with E-state index in [9.17, 15) is 18.9 Å².